The molecule has 2 aliphatic rings. The van der Waals surface area contributed by atoms with E-state index in [2.05, 4.69) is 0 Å². The predicted octanol–water partition coefficient (Wildman–Crippen LogP) is 0.823. The van der Waals surface area contributed by atoms with Gasteiger partial charge in [-0.1, -0.05) is 0 Å². The fraction of sp³-hybridized carbons (Fsp3) is 0.588. The number of furan rings is 1. The highest BCUT2D eigenvalue weighted by molar-refractivity contribution is 5.92. The van der Waals surface area contributed by atoms with Crippen molar-refractivity contribution in [2.75, 3.05) is 40.3 Å². The average molecular weight is 333 g/mol. The first-order valence-corrected chi connectivity index (χ1v) is 8.25. The summed E-state index contributed by atoms with van der Waals surface area (Å²) in [4.78, 5) is 41.9. The molecular formula is C17H23N3O4. The molecule has 3 rings (SSSR count). The lowest BCUT2D eigenvalue weighted by Gasteiger charge is -2.37. The van der Waals surface area contributed by atoms with E-state index < -0.39 is 5.41 Å². The number of hydrogen-bond donors (Lipinski definition) is 0. The molecule has 1 aromatic heterocycles. The Balaban J connectivity index is 1.60. The quantitative estimate of drug-likeness (QED) is 0.821. The third kappa shape index (κ3) is 2.90. The van der Waals surface area contributed by atoms with E-state index in [9.17, 15) is 14.4 Å². The molecule has 2 aliphatic heterocycles. The largest absolute Gasteiger partial charge is 0.459 e. The molecule has 1 spiro atoms. The highest BCUT2D eigenvalue weighted by atomic mass is 16.3. The number of nitrogens with zero attached hydrogens (tertiary/aromatic N) is 3. The minimum absolute atomic E-state index is 0.0581. The molecule has 2 saturated heterocycles. The number of piperidine rings is 1. The summed E-state index contributed by atoms with van der Waals surface area (Å²) in [5, 5.41) is 0. The zero-order valence-electron chi connectivity index (χ0n) is 14.2. The molecule has 0 aliphatic carbocycles. The van der Waals surface area contributed by atoms with Crippen LogP contribution in [-0.2, 0) is 9.59 Å². The fourth-order valence-electron chi connectivity index (χ4n) is 3.51. The van der Waals surface area contributed by atoms with Crippen LogP contribution in [0.2, 0.25) is 0 Å². The molecule has 0 aromatic carbocycles. The number of likely N-dealkylation sites (N-methyl/N-ethyl adjacent to an activating group) is 1. The molecule has 130 valence electrons. The van der Waals surface area contributed by atoms with Crippen LogP contribution in [0, 0.1) is 5.41 Å². The van der Waals surface area contributed by atoms with Crippen molar-refractivity contribution in [2.24, 2.45) is 5.41 Å². The molecule has 0 N–H and O–H groups in total. The van der Waals surface area contributed by atoms with Gasteiger partial charge in [-0.25, -0.2) is 0 Å². The van der Waals surface area contributed by atoms with Crippen LogP contribution >= 0.6 is 0 Å². The molecule has 3 amide bonds. The lowest BCUT2D eigenvalue weighted by Crippen LogP contribution is -2.47. The van der Waals surface area contributed by atoms with Gasteiger partial charge >= 0.3 is 0 Å². The predicted molar refractivity (Wildman–Crippen MR) is 86.2 cm³/mol. The normalized spacial score (nSPS) is 19.8. The first-order valence-electron chi connectivity index (χ1n) is 8.25. The third-order valence-electron chi connectivity index (χ3n) is 5.17. The molecule has 0 atom stereocenters. The lowest BCUT2D eigenvalue weighted by atomic mass is 9.77. The van der Waals surface area contributed by atoms with E-state index in [1.807, 2.05) is 0 Å². The SMILES string of the molecule is CN(C)C(=O)CN1CCC2(CCN(C(=O)c3ccco3)CC2)C1=O. The minimum atomic E-state index is -0.410. The molecule has 2 fully saturated rings. The molecule has 7 heteroatoms. The van der Waals surface area contributed by atoms with Crippen LogP contribution in [0.15, 0.2) is 22.8 Å². The van der Waals surface area contributed by atoms with Crippen LogP contribution in [0.1, 0.15) is 29.8 Å². The van der Waals surface area contributed by atoms with Gasteiger partial charge < -0.3 is 19.1 Å². The van der Waals surface area contributed by atoms with Crippen molar-refractivity contribution in [3.05, 3.63) is 24.2 Å². The second-order valence-corrected chi connectivity index (χ2v) is 6.81. The number of carbonyl (C=O) groups is 3. The van der Waals surface area contributed by atoms with E-state index in [0.717, 1.165) is 6.42 Å². The summed E-state index contributed by atoms with van der Waals surface area (Å²) in [6.07, 6.45) is 3.53. The van der Waals surface area contributed by atoms with Gasteiger partial charge in [0.2, 0.25) is 11.8 Å². The average Bonchev–Trinajstić information content (AvgIpc) is 3.20. The Morgan fingerprint density at radius 3 is 2.46 bits per heavy atom. The zero-order valence-corrected chi connectivity index (χ0v) is 14.2. The van der Waals surface area contributed by atoms with Crippen molar-refractivity contribution in [1.29, 1.82) is 0 Å². The van der Waals surface area contributed by atoms with Gasteiger partial charge in [-0.3, -0.25) is 14.4 Å². The van der Waals surface area contributed by atoms with Gasteiger partial charge in [-0.15, -0.1) is 0 Å². The molecule has 0 radical (unpaired) electrons. The van der Waals surface area contributed by atoms with Gasteiger partial charge in [0.25, 0.3) is 5.91 Å². The Morgan fingerprint density at radius 2 is 1.88 bits per heavy atom. The molecule has 3 heterocycles. The van der Waals surface area contributed by atoms with Crippen LogP contribution in [0.3, 0.4) is 0 Å². The highest BCUT2D eigenvalue weighted by Crippen LogP contribution is 2.41. The number of rotatable bonds is 3. The number of likely N-dealkylation sites (tertiary alicyclic amines) is 2. The summed E-state index contributed by atoms with van der Waals surface area (Å²) < 4.78 is 5.16. The Morgan fingerprint density at radius 1 is 1.21 bits per heavy atom. The third-order valence-corrected chi connectivity index (χ3v) is 5.17. The molecule has 0 bridgehead atoms. The van der Waals surface area contributed by atoms with E-state index >= 15 is 0 Å². The molecule has 7 nitrogen and oxygen atoms in total. The maximum atomic E-state index is 12.8. The number of amides is 3. The molecular weight excluding hydrogens is 310 g/mol. The number of hydrogen-bond acceptors (Lipinski definition) is 4. The smallest absolute Gasteiger partial charge is 0.289 e. The van der Waals surface area contributed by atoms with Gasteiger partial charge in [-0.05, 0) is 31.4 Å². The van der Waals surface area contributed by atoms with Gasteiger partial charge in [0.15, 0.2) is 5.76 Å². The second kappa shape index (κ2) is 6.30. The monoisotopic (exact) mass is 333 g/mol. The van der Waals surface area contributed by atoms with Crippen molar-refractivity contribution >= 4 is 17.7 Å². The van der Waals surface area contributed by atoms with E-state index in [0.29, 0.717) is 38.2 Å². The summed E-state index contributed by atoms with van der Waals surface area (Å²) in [6, 6.07) is 3.35. The number of carbonyl (C=O) groups excluding carboxylic acids is 3. The second-order valence-electron chi connectivity index (χ2n) is 6.81. The van der Waals surface area contributed by atoms with Gasteiger partial charge in [-0.2, -0.15) is 0 Å². The zero-order chi connectivity index (χ0) is 17.3. The Labute approximate surface area is 141 Å². The maximum Gasteiger partial charge on any atom is 0.289 e. The summed E-state index contributed by atoms with van der Waals surface area (Å²) in [5.41, 5.74) is -0.410. The van der Waals surface area contributed by atoms with Crippen LogP contribution in [-0.4, -0.2) is 72.7 Å². The molecule has 0 saturated carbocycles. The summed E-state index contributed by atoms with van der Waals surface area (Å²) in [5.74, 6) is 0.204. The fourth-order valence-corrected chi connectivity index (χ4v) is 3.51. The van der Waals surface area contributed by atoms with Crippen LogP contribution in [0.25, 0.3) is 0 Å². The van der Waals surface area contributed by atoms with Crippen molar-refractivity contribution in [1.82, 2.24) is 14.7 Å². The Hall–Kier alpha value is -2.31. The summed E-state index contributed by atoms with van der Waals surface area (Å²) >= 11 is 0. The van der Waals surface area contributed by atoms with E-state index in [1.165, 1.54) is 11.2 Å². The standard InChI is InChI=1S/C17H23N3O4/c1-18(2)14(21)12-20-10-7-17(16(20)23)5-8-19(9-6-17)15(22)13-4-3-11-24-13/h3-4,11H,5-10,12H2,1-2H3. The van der Waals surface area contributed by atoms with Gasteiger partial charge in [0, 0.05) is 33.7 Å². The highest BCUT2D eigenvalue weighted by Gasteiger charge is 2.49. The maximum absolute atomic E-state index is 12.8. The van der Waals surface area contributed by atoms with Gasteiger partial charge in [0.1, 0.15) is 0 Å². The Bertz CT molecular complexity index is 630. The van der Waals surface area contributed by atoms with Crippen molar-refractivity contribution in [3.63, 3.8) is 0 Å². The van der Waals surface area contributed by atoms with Gasteiger partial charge in [0.05, 0.1) is 18.2 Å². The summed E-state index contributed by atoms with van der Waals surface area (Å²) in [7, 11) is 3.38. The van der Waals surface area contributed by atoms with Crippen LogP contribution in [0.5, 0.6) is 0 Å². The minimum Gasteiger partial charge on any atom is -0.459 e. The van der Waals surface area contributed by atoms with E-state index in [-0.39, 0.29) is 24.3 Å². The Kier molecular flexibility index (Phi) is 4.34. The molecule has 0 unspecified atom stereocenters. The van der Waals surface area contributed by atoms with Crippen LogP contribution < -0.4 is 0 Å². The molecule has 24 heavy (non-hydrogen) atoms. The van der Waals surface area contributed by atoms with Crippen molar-refractivity contribution in [2.45, 2.75) is 19.3 Å². The van der Waals surface area contributed by atoms with Crippen molar-refractivity contribution < 1.29 is 18.8 Å². The first kappa shape index (κ1) is 16.5. The first-order chi connectivity index (χ1) is 11.4. The van der Waals surface area contributed by atoms with Crippen LogP contribution in [0.4, 0.5) is 0 Å². The van der Waals surface area contributed by atoms with E-state index in [1.54, 1.807) is 36.0 Å². The van der Waals surface area contributed by atoms with Crippen molar-refractivity contribution in [3.8, 4) is 0 Å². The molecule has 1 aromatic rings. The topological polar surface area (TPSA) is 74.1 Å². The lowest BCUT2D eigenvalue weighted by molar-refractivity contribution is -0.142. The summed E-state index contributed by atoms with van der Waals surface area (Å²) in [6.45, 7) is 1.84. The van der Waals surface area contributed by atoms with E-state index in [4.69, 9.17) is 4.42 Å².